The van der Waals surface area contributed by atoms with Gasteiger partial charge >= 0.3 is 0 Å². The Morgan fingerprint density at radius 1 is 1.08 bits per heavy atom. The van der Waals surface area contributed by atoms with Crippen molar-refractivity contribution in [2.75, 3.05) is 59.7 Å². The number of thioether (sulfide) groups is 1. The molecule has 2 fully saturated rings. The second-order valence-electron chi connectivity index (χ2n) is 8.36. The van der Waals surface area contributed by atoms with E-state index in [9.17, 15) is 4.79 Å². The molecule has 2 heterocycles. The van der Waals surface area contributed by atoms with Crippen LogP contribution >= 0.6 is 47.2 Å². The van der Waals surface area contributed by atoms with E-state index in [4.69, 9.17) is 49.6 Å². The van der Waals surface area contributed by atoms with Gasteiger partial charge in [-0.25, -0.2) is 0 Å². The fourth-order valence-electron chi connectivity index (χ4n) is 4.00. The molecular formula is C26H28Cl2N2O4S2. The van der Waals surface area contributed by atoms with Crippen molar-refractivity contribution < 1.29 is 19.0 Å². The Bertz CT molecular complexity index is 1140. The van der Waals surface area contributed by atoms with Crippen LogP contribution in [0.5, 0.6) is 5.75 Å². The van der Waals surface area contributed by atoms with E-state index >= 15 is 0 Å². The average molecular weight is 568 g/mol. The molecule has 36 heavy (non-hydrogen) atoms. The first-order valence-corrected chi connectivity index (χ1v) is 13.7. The molecule has 10 heteroatoms. The highest BCUT2D eigenvalue weighted by atomic mass is 35.5. The van der Waals surface area contributed by atoms with Crippen LogP contribution in [0.15, 0.2) is 41.3 Å². The molecular weight excluding hydrogens is 539 g/mol. The lowest BCUT2D eigenvalue weighted by Crippen LogP contribution is -2.38. The van der Waals surface area contributed by atoms with E-state index in [1.807, 2.05) is 30.3 Å². The lowest BCUT2D eigenvalue weighted by Gasteiger charge is -2.26. The van der Waals surface area contributed by atoms with Gasteiger partial charge < -0.3 is 14.2 Å². The van der Waals surface area contributed by atoms with Crippen LogP contribution < -0.4 is 4.74 Å². The largest absolute Gasteiger partial charge is 0.492 e. The third-order valence-electron chi connectivity index (χ3n) is 5.90. The smallest absolute Gasteiger partial charge is 0.266 e. The fraction of sp³-hybridized carbons (Fsp3) is 0.385. The zero-order valence-electron chi connectivity index (χ0n) is 20.0. The Kier molecular flexibility index (Phi) is 10.1. The molecule has 2 aliphatic heterocycles. The standard InChI is InChI=1S/C26H28Cl2N2O4S2/c1-32-11-2-7-30-25(31)24(36-26(30)35)16-18-3-6-23(34-14-10-29-8-12-33-13-9-29)21(15-18)20-5-4-19(27)17-22(20)28/h3-6,15-17H,2,7-14H2,1H3/b24-16-. The summed E-state index contributed by atoms with van der Waals surface area (Å²) in [6.07, 6.45) is 2.59. The number of benzene rings is 2. The number of amides is 1. The highest BCUT2D eigenvalue weighted by Crippen LogP contribution is 2.39. The molecule has 192 valence electrons. The van der Waals surface area contributed by atoms with Crippen molar-refractivity contribution in [2.24, 2.45) is 0 Å². The minimum Gasteiger partial charge on any atom is -0.492 e. The average Bonchev–Trinajstić information content (AvgIpc) is 3.13. The van der Waals surface area contributed by atoms with Gasteiger partial charge in [-0.2, -0.15) is 0 Å². The number of hydrogen-bond acceptors (Lipinski definition) is 7. The van der Waals surface area contributed by atoms with Crippen molar-refractivity contribution >= 4 is 63.5 Å². The first-order valence-electron chi connectivity index (χ1n) is 11.7. The molecule has 0 unspecified atom stereocenters. The van der Waals surface area contributed by atoms with Crippen molar-refractivity contribution in [2.45, 2.75) is 6.42 Å². The van der Waals surface area contributed by atoms with E-state index in [1.165, 1.54) is 11.8 Å². The second kappa shape index (κ2) is 13.2. The van der Waals surface area contributed by atoms with Crippen molar-refractivity contribution in [3.05, 3.63) is 56.9 Å². The number of carbonyl (C=O) groups excluding carboxylic acids is 1. The molecule has 4 rings (SSSR count). The number of methoxy groups -OCH3 is 1. The summed E-state index contributed by atoms with van der Waals surface area (Å²) in [6.45, 7) is 5.77. The lowest BCUT2D eigenvalue weighted by atomic mass is 10.0. The summed E-state index contributed by atoms with van der Waals surface area (Å²) in [5.74, 6) is 0.634. The topological polar surface area (TPSA) is 51.2 Å². The summed E-state index contributed by atoms with van der Waals surface area (Å²) in [4.78, 5) is 17.5. The van der Waals surface area contributed by atoms with Crippen LogP contribution in [0.4, 0.5) is 0 Å². The molecule has 2 aliphatic rings. The van der Waals surface area contributed by atoms with Gasteiger partial charge in [-0.05, 0) is 42.3 Å². The van der Waals surface area contributed by atoms with Crippen LogP contribution in [0.1, 0.15) is 12.0 Å². The zero-order chi connectivity index (χ0) is 25.5. The quantitative estimate of drug-likeness (QED) is 0.210. The van der Waals surface area contributed by atoms with Crippen molar-refractivity contribution in [1.29, 1.82) is 0 Å². The third kappa shape index (κ3) is 7.01. The first-order chi connectivity index (χ1) is 17.5. The number of ether oxygens (including phenoxy) is 3. The Balaban J connectivity index is 1.57. The van der Waals surface area contributed by atoms with Crippen molar-refractivity contribution in [3.63, 3.8) is 0 Å². The van der Waals surface area contributed by atoms with E-state index in [-0.39, 0.29) is 5.91 Å². The summed E-state index contributed by atoms with van der Waals surface area (Å²) >= 11 is 19.5. The molecule has 0 radical (unpaired) electrons. The van der Waals surface area contributed by atoms with E-state index in [0.29, 0.717) is 39.0 Å². The molecule has 0 bridgehead atoms. The fourth-order valence-corrected chi connectivity index (χ4v) is 5.82. The van der Waals surface area contributed by atoms with E-state index < -0.39 is 0 Å². The molecule has 0 aromatic heterocycles. The molecule has 0 aliphatic carbocycles. The SMILES string of the molecule is COCCCN1C(=O)/C(=C/c2ccc(OCCN3CCOCC3)c(-c3ccc(Cl)cc3Cl)c2)SC1=S. The van der Waals surface area contributed by atoms with E-state index in [0.717, 1.165) is 61.7 Å². The van der Waals surface area contributed by atoms with E-state index in [2.05, 4.69) is 4.90 Å². The molecule has 1 amide bonds. The first kappa shape index (κ1) is 27.4. The summed E-state index contributed by atoms with van der Waals surface area (Å²) in [7, 11) is 1.64. The Morgan fingerprint density at radius 2 is 1.89 bits per heavy atom. The summed E-state index contributed by atoms with van der Waals surface area (Å²) in [5, 5.41) is 1.09. The molecule has 2 saturated heterocycles. The predicted molar refractivity (Wildman–Crippen MR) is 151 cm³/mol. The predicted octanol–water partition coefficient (Wildman–Crippen LogP) is 5.61. The minimum atomic E-state index is -0.0852. The van der Waals surface area contributed by atoms with Gasteiger partial charge in [0.15, 0.2) is 0 Å². The van der Waals surface area contributed by atoms with Gasteiger partial charge in [0.25, 0.3) is 5.91 Å². The van der Waals surface area contributed by atoms with Gasteiger partial charge in [0.1, 0.15) is 16.7 Å². The highest BCUT2D eigenvalue weighted by molar-refractivity contribution is 8.26. The number of thiocarbonyl (C=S) groups is 1. The van der Waals surface area contributed by atoms with Gasteiger partial charge in [0, 0.05) is 56.0 Å². The van der Waals surface area contributed by atoms with Gasteiger partial charge in [-0.1, -0.05) is 59.3 Å². The Hall–Kier alpha value is -1.65. The van der Waals surface area contributed by atoms with Gasteiger partial charge in [-0.3, -0.25) is 14.6 Å². The molecule has 2 aromatic carbocycles. The number of hydrogen-bond donors (Lipinski definition) is 0. The molecule has 6 nitrogen and oxygen atoms in total. The van der Waals surface area contributed by atoms with Gasteiger partial charge in [-0.15, -0.1) is 0 Å². The van der Waals surface area contributed by atoms with Crippen LogP contribution in [0.25, 0.3) is 17.2 Å². The minimum absolute atomic E-state index is 0.0852. The third-order valence-corrected chi connectivity index (χ3v) is 7.82. The summed E-state index contributed by atoms with van der Waals surface area (Å²) in [6, 6.07) is 11.2. The molecule has 0 spiro atoms. The van der Waals surface area contributed by atoms with Crippen LogP contribution in [-0.2, 0) is 14.3 Å². The molecule has 0 atom stereocenters. The normalized spacial score (nSPS) is 17.9. The van der Waals surface area contributed by atoms with Crippen LogP contribution in [-0.4, -0.2) is 79.7 Å². The maximum absolute atomic E-state index is 13.0. The second-order valence-corrected chi connectivity index (χ2v) is 10.9. The summed E-state index contributed by atoms with van der Waals surface area (Å²) < 4.78 is 17.3. The number of nitrogens with zero attached hydrogens (tertiary/aromatic N) is 2. The van der Waals surface area contributed by atoms with Crippen LogP contribution in [0.2, 0.25) is 10.0 Å². The number of carbonyl (C=O) groups is 1. The van der Waals surface area contributed by atoms with Gasteiger partial charge in [0.05, 0.1) is 23.1 Å². The molecule has 0 saturated carbocycles. The van der Waals surface area contributed by atoms with Crippen molar-refractivity contribution in [1.82, 2.24) is 9.80 Å². The number of morpholine rings is 1. The Morgan fingerprint density at radius 3 is 2.64 bits per heavy atom. The van der Waals surface area contributed by atoms with Crippen LogP contribution in [0, 0.1) is 0 Å². The maximum atomic E-state index is 13.0. The monoisotopic (exact) mass is 566 g/mol. The lowest BCUT2D eigenvalue weighted by molar-refractivity contribution is -0.122. The number of rotatable bonds is 10. The molecule has 0 N–H and O–H groups in total. The zero-order valence-corrected chi connectivity index (χ0v) is 23.2. The van der Waals surface area contributed by atoms with Crippen molar-refractivity contribution in [3.8, 4) is 16.9 Å². The highest BCUT2D eigenvalue weighted by Gasteiger charge is 2.31. The molecule has 2 aromatic rings. The number of halogens is 2. The Labute approximate surface area is 231 Å². The van der Waals surface area contributed by atoms with Crippen LogP contribution in [0.3, 0.4) is 0 Å². The van der Waals surface area contributed by atoms with Gasteiger partial charge in [0.2, 0.25) is 0 Å². The van der Waals surface area contributed by atoms with E-state index in [1.54, 1.807) is 24.1 Å². The maximum Gasteiger partial charge on any atom is 0.266 e. The summed E-state index contributed by atoms with van der Waals surface area (Å²) in [5.41, 5.74) is 2.50.